The van der Waals surface area contributed by atoms with E-state index in [0.29, 0.717) is 5.02 Å². The van der Waals surface area contributed by atoms with Gasteiger partial charge in [-0.25, -0.2) is 5.90 Å². The van der Waals surface area contributed by atoms with Crippen LogP contribution in [0.25, 0.3) is 0 Å². The lowest BCUT2D eigenvalue weighted by Gasteiger charge is -1.95. The van der Waals surface area contributed by atoms with Crippen molar-refractivity contribution in [1.82, 2.24) is 0 Å². The monoisotopic (exact) mass is 259 g/mol. The average molecular weight is 261 g/mol. The van der Waals surface area contributed by atoms with Crippen molar-refractivity contribution in [2.24, 2.45) is 5.90 Å². The molecule has 0 unspecified atom stereocenters. The van der Waals surface area contributed by atoms with Crippen LogP contribution in [0.5, 0.6) is 0 Å². The Hall–Kier alpha value is -0.530. The summed E-state index contributed by atoms with van der Waals surface area (Å²) < 4.78 is 0.865. The predicted molar refractivity (Wildman–Crippen MR) is 56.2 cm³/mol. The molecule has 4 heteroatoms. The Bertz CT molecular complexity index is 356. The SMILES string of the molecule is NOCC#Cc1ccc(Cl)cc1Br. The number of halogens is 2. The normalized spacial score (nSPS) is 9.15. The molecule has 0 atom stereocenters. The van der Waals surface area contributed by atoms with Crippen LogP contribution < -0.4 is 5.90 Å². The molecule has 0 aliphatic rings. The number of hydrogen-bond acceptors (Lipinski definition) is 2. The van der Waals surface area contributed by atoms with Crippen LogP contribution in [0.2, 0.25) is 5.02 Å². The van der Waals surface area contributed by atoms with Gasteiger partial charge in [-0.05, 0) is 34.1 Å². The second kappa shape index (κ2) is 5.25. The lowest BCUT2D eigenvalue weighted by molar-refractivity contribution is 0.173. The van der Waals surface area contributed by atoms with E-state index in [1.54, 1.807) is 12.1 Å². The molecule has 0 heterocycles. The minimum absolute atomic E-state index is 0.217. The summed E-state index contributed by atoms with van der Waals surface area (Å²) in [6.07, 6.45) is 0. The highest BCUT2D eigenvalue weighted by Gasteiger charge is 1.95. The van der Waals surface area contributed by atoms with Gasteiger partial charge in [0.1, 0.15) is 6.61 Å². The summed E-state index contributed by atoms with van der Waals surface area (Å²) in [6, 6.07) is 5.39. The maximum Gasteiger partial charge on any atom is 0.129 e. The van der Waals surface area contributed by atoms with Crippen molar-refractivity contribution < 1.29 is 4.84 Å². The third-order valence-corrected chi connectivity index (χ3v) is 2.20. The first-order chi connectivity index (χ1) is 6.24. The molecular formula is C9H7BrClNO. The molecule has 0 saturated carbocycles. The van der Waals surface area contributed by atoms with E-state index in [9.17, 15) is 0 Å². The van der Waals surface area contributed by atoms with Crippen LogP contribution in [-0.4, -0.2) is 6.61 Å². The number of nitrogens with two attached hydrogens (primary N) is 1. The predicted octanol–water partition coefficient (Wildman–Crippen LogP) is 2.34. The maximum absolute atomic E-state index is 5.76. The molecule has 13 heavy (non-hydrogen) atoms. The van der Waals surface area contributed by atoms with E-state index in [1.165, 1.54) is 0 Å². The largest absolute Gasteiger partial charge is 0.292 e. The van der Waals surface area contributed by atoms with E-state index < -0.39 is 0 Å². The Kier molecular flexibility index (Phi) is 4.26. The molecule has 0 aliphatic carbocycles. The summed E-state index contributed by atoms with van der Waals surface area (Å²) in [5.74, 6) is 10.4. The zero-order chi connectivity index (χ0) is 9.68. The Morgan fingerprint density at radius 3 is 2.92 bits per heavy atom. The highest BCUT2D eigenvalue weighted by Crippen LogP contribution is 2.20. The smallest absolute Gasteiger partial charge is 0.129 e. The van der Waals surface area contributed by atoms with Gasteiger partial charge in [-0.3, -0.25) is 4.84 Å². The van der Waals surface area contributed by atoms with Gasteiger partial charge >= 0.3 is 0 Å². The van der Waals surface area contributed by atoms with Gasteiger partial charge < -0.3 is 0 Å². The molecule has 2 nitrogen and oxygen atoms in total. The van der Waals surface area contributed by atoms with Crippen LogP contribution in [0.15, 0.2) is 22.7 Å². The van der Waals surface area contributed by atoms with E-state index in [4.69, 9.17) is 17.5 Å². The van der Waals surface area contributed by atoms with Crippen LogP contribution in [0.4, 0.5) is 0 Å². The van der Waals surface area contributed by atoms with Gasteiger partial charge in [0, 0.05) is 15.1 Å². The Balaban J connectivity index is 2.85. The summed E-state index contributed by atoms with van der Waals surface area (Å²) in [5.41, 5.74) is 0.862. The van der Waals surface area contributed by atoms with Crippen LogP contribution >= 0.6 is 27.5 Å². The van der Waals surface area contributed by atoms with Crippen molar-refractivity contribution in [3.05, 3.63) is 33.3 Å². The molecule has 0 aliphatic heterocycles. The zero-order valence-electron chi connectivity index (χ0n) is 6.68. The molecule has 0 amide bonds. The fraction of sp³-hybridized carbons (Fsp3) is 0.111. The van der Waals surface area contributed by atoms with Crippen molar-refractivity contribution in [2.45, 2.75) is 0 Å². The Labute approximate surface area is 90.1 Å². The zero-order valence-corrected chi connectivity index (χ0v) is 9.02. The van der Waals surface area contributed by atoms with E-state index >= 15 is 0 Å². The molecule has 1 aromatic rings. The first-order valence-electron chi connectivity index (χ1n) is 3.49. The van der Waals surface area contributed by atoms with E-state index in [-0.39, 0.29) is 6.61 Å². The molecule has 0 bridgehead atoms. The van der Waals surface area contributed by atoms with Crippen LogP contribution in [0.1, 0.15) is 5.56 Å². The second-order valence-electron chi connectivity index (χ2n) is 2.24. The maximum atomic E-state index is 5.76. The van der Waals surface area contributed by atoms with Crippen molar-refractivity contribution >= 4 is 27.5 Å². The topological polar surface area (TPSA) is 35.2 Å². The molecule has 0 aromatic heterocycles. The van der Waals surface area contributed by atoms with Crippen molar-refractivity contribution in [3.63, 3.8) is 0 Å². The highest BCUT2D eigenvalue weighted by molar-refractivity contribution is 9.10. The van der Waals surface area contributed by atoms with Gasteiger partial charge in [-0.15, -0.1) is 0 Å². The number of rotatable bonds is 1. The summed E-state index contributed by atoms with van der Waals surface area (Å²) in [7, 11) is 0. The van der Waals surface area contributed by atoms with Gasteiger partial charge in [-0.2, -0.15) is 0 Å². The number of benzene rings is 1. The third kappa shape index (κ3) is 3.37. The first kappa shape index (κ1) is 10.6. The molecule has 0 saturated heterocycles. The molecule has 1 aromatic carbocycles. The Morgan fingerprint density at radius 1 is 1.54 bits per heavy atom. The fourth-order valence-electron chi connectivity index (χ4n) is 0.764. The number of hydrogen-bond donors (Lipinski definition) is 1. The van der Waals surface area contributed by atoms with E-state index in [1.807, 2.05) is 6.07 Å². The van der Waals surface area contributed by atoms with Crippen LogP contribution in [0, 0.1) is 11.8 Å². The average Bonchev–Trinajstić information content (AvgIpc) is 2.09. The minimum Gasteiger partial charge on any atom is -0.292 e. The molecule has 0 fully saturated rings. The third-order valence-electron chi connectivity index (χ3n) is 1.31. The Morgan fingerprint density at radius 2 is 2.31 bits per heavy atom. The van der Waals surface area contributed by atoms with Gasteiger partial charge in [-0.1, -0.05) is 23.4 Å². The van der Waals surface area contributed by atoms with Gasteiger partial charge in [0.25, 0.3) is 0 Å². The molecule has 0 radical (unpaired) electrons. The molecule has 68 valence electrons. The summed E-state index contributed by atoms with van der Waals surface area (Å²) in [4.78, 5) is 4.31. The summed E-state index contributed by atoms with van der Waals surface area (Å²) >= 11 is 9.10. The van der Waals surface area contributed by atoms with Crippen LogP contribution in [0.3, 0.4) is 0 Å². The quantitative estimate of drug-likeness (QED) is 0.621. The molecule has 0 spiro atoms. The van der Waals surface area contributed by atoms with Gasteiger partial charge in [0.2, 0.25) is 0 Å². The fourth-order valence-corrected chi connectivity index (χ4v) is 1.55. The lowest BCUT2D eigenvalue weighted by atomic mass is 10.2. The molecular weight excluding hydrogens is 253 g/mol. The van der Waals surface area contributed by atoms with Crippen LogP contribution in [-0.2, 0) is 4.84 Å². The van der Waals surface area contributed by atoms with Crippen molar-refractivity contribution in [3.8, 4) is 11.8 Å². The minimum atomic E-state index is 0.217. The van der Waals surface area contributed by atoms with E-state index in [2.05, 4.69) is 32.6 Å². The second-order valence-corrected chi connectivity index (χ2v) is 3.53. The summed E-state index contributed by atoms with van der Waals surface area (Å²) in [5, 5.41) is 0.674. The standard InChI is InChI=1S/C9H7BrClNO/c10-9-6-8(11)4-3-7(9)2-1-5-13-12/h3-4,6H,5,12H2. The van der Waals surface area contributed by atoms with Crippen molar-refractivity contribution in [1.29, 1.82) is 0 Å². The molecule has 1 rings (SSSR count). The summed E-state index contributed by atoms with van der Waals surface area (Å²) in [6.45, 7) is 0.217. The highest BCUT2D eigenvalue weighted by atomic mass is 79.9. The van der Waals surface area contributed by atoms with E-state index in [0.717, 1.165) is 10.0 Å². The first-order valence-corrected chi connectivity index (χ1v) is 4.66. The van der Waals surface area contributed by atoms with Gasteiger partial charge in [0.05, 0.1) is 0 Å². The lowest BCUT2D eigenvalue weighted by Crippen LogP contribution is -1.97. The molecule has 2 N–H and O–H groups in total. The van der Waals surface area contributed by atoms with Crippen molar-refractivity contribution in [2.75, 3.05) is 6.61 Å². The van der Waals surface area contributed by atoms with Gasteiger partial charge in [0.15, 0.2) is 0 Å².